The molecule has 17 heavy (non-hydrogen) atoms. The molecule has 0 saturated carbocycles. The molecule has 0 bridgehead atoms. The third kappa shape index (κ3) is 6.94. The fraction of sp³-hybridized carbons (Fsp3) is 0.833. The van der Waals surface area contributed by atoms with Gasteiger partial charge in [0.1, 0.15) is 0 Å². The largest absolute Gasteiger partial charge is 0.469 e. The van der Waals surface area contributed by atoms with Crippen molar-refractivity contribution in [2.45, 2.75) is 26.7 Å². The Morgan fingerprint density at radius 1 is 1.24 bits per heavy atom. The van der Waals surface area contributed by atoms with Crippen molar-refractivity contribution < 1.29 is 19.1 Å². The van der Waals surface area contributed by atoms with Crippen LogP contribution in [0.2, 0.25) is 0 Å². The van der Waals surface area contributed by atoms with Gasteiger partial charge in [-0.25, -0.2) is 0 Å². The first-order valence-electron chi connectivity index (χ1n) is 5.92. The predicted octanol–water partition coefficient (Wildman–Crippen LogP) is 1.07. The van der Waals surface area contributed by atoms with Crippen LogP contribution in [-0.4, -0.2) is 50.7 Å². The lowest BCUT2D eigenvalue weighted by molar-refractivity contribution is -0.145. The van der Waals surface area contributed by atoms with E-state index < -0.39 is 0 Å². The van der Waals surface area contributed by atoms with Gasteiger partial charge in [0.15, 0.2) is 0 Å². The van der Waals surface area contributed by atoms with Crippen molar-refractivity contribution in [2.24, 2.45) is 5.92 Å². The van der Waals surface area contributed by atoms with Crippen LogP contribution < -0.4 is 0 Å². The van der Waals surface area contributed by atoms with E-state index >= 15 is 0 Å². The minimum atomic E-state index is -0.198. The smallest absolute Gasteiger partial charge is 0.309 e. The molecule has 5 heteroatoms. The molecule has 0 aliphatic carbocycles. The highest BCUT2D eigenvalue weighted by Crippen LogP contribution is 2.04. The van der Waals surface area contributed by atoms with E-state index in [4.69, 9.17) is 0 Å². The lowest BCUT2D eigenvalue weighted by atomic mass is 10.1. The summed E-state index contributed by atoms with van der Waals surface area (Å²) in [5.41, 5.74) is 0. The minimum Gasteiger partial charge on any atom is -0.469 e. The van der Waals surface area contributed by atoms with E-state index in [1.807, 2.05) is 13.8 Å². The van der Waals surface area contributed by atoms with Gasteiger partial charge < -0.3 is 14.4 Å². The summed E-state index contributed by atoms with van der Waals surface area (Å²) in [7, 11) is 2.78. The molecular formula is C12H23NO4. The van der Waals surface area contributed by atoms with Crippen LogP contribution in [0.5, 0.6) is 0 Å². The van der Waals surface area contributed by atoms with Crippen molar-refractivity contribution in [3.05, 3.63) is 0 Å². The zero-order valence-corrected chi connectivity index (χ0v) is 11.2. The van der Waals surface area contributed by atoms with Crippen molar-refractivity contribution in [1.82, 2.24) is 4.90 Å². The molecule has 0 N–H and O–H groups in total. The lowest BCUT2D eigenvalue weighted by Gasteiger charge is -2.22. The van der Waals surface area contributed by atoms with Crippen LogP contribution in [0, 0.1) is 5.92 Å². The van der Waals surface area contributed by atoms with Gasteiger partial charge in [-0.1, -0.05) is 13.8 Å². The fourth-order valence-corrected chi connectivity index (χ4v) is 1.59. The summed E-state index contributed by atoms with van der Waals surface area (Å²) in [5, 5.41) is 0. The quantitative estimate of drug-likeness (QED) is 0.599. The van der Waals surface area contributed by atoms with Crippen molar-refractivity contribution in [3.63, 3.8) is 0 Å². The molecule has 0 aliphatic heterocycles. The van der Waals surface area contributed by atoms with Crippen LogP contribution in [0.15, 0.2) is 0 Å². The molecule has 1 atom stereocenters. The molecule has 5 nitrogen and oxygen atoms in total. The number of rotatable bonds is 8. The average molecular weight is 245 g/mol. The molecule has 100 valence electrons. The zero-order chi connectivity index (χ0) is 13.3. The molecule has 0 radical (unpaired) electrons. The molecule has 0 heterocycles. The molecule has 0 spiro atoms. The van der Waals surface area contributed by atoms with Crippen molar-refractivity contribution >= 4 is 11.9 Å². The molecule has 0 aromatic carbocycles. The summed E-state index contributed by atoms with van der Waals surface area (Å²) in [6, 6.07) is 0. The highest BCUT2D eigenvalue weighted by Gasteiger charge is 2.16. The summed E-state index contributed by atoms with van der Waals surface area (Å²) in [6.45, 7) is 6.16. The Bertz CT molecular complexity index is 243. The number of carbonyl (C=O) groups is 2. The zero-order valence-electron chi connectivity index (χ0n) is 11.2. The van der Waals surface area contributed by atoms with E-state index in [1.165, 1.54) is 14.2 Å². The van der Waals surface area contributed by atoms with E-state index in [2.05, 4.69) is 14.4 Å². The minimum absolute atomic E-state index is 0.141. The Labute approximate surface area is 103 Å². The monoisotopic (exact) mass is 245 g/mol. The second-order valence-electron chi connectivity index (χ2n) is 4.00. The summed E-state index contributed by atoms with van der Waals surface area (Å²) >= 11 is 0. The molecule has 0 amide bonds. The Morgan fingerprint density at radius 2 is 1.88 bits per heavy atom. The van der Waals surface area contributed by atoms with E-state index in [0.29, 0.717) is 13.0 Å². The summed E-state index contributed by atoms with van der Waals surface area (Å²) in [4.78, 5) is 24.3. The van der Waals surface area contributed by atoms with Crippen LogP contribution >= 0.6 is 0 Å². The number of hydrogen-bond acceptors (Lipinski definition) is 5. The van der Waals surface area contributed by atoms with Gasteiger partial charge in [-0.3, -0.25) is 9.59 Å². The van der Waals surface area contributed by atoms with Crippen molar-refractivity contribution in [2.75, 3.05) is 33.9 Å². The van der Waals surface area contributed by atoms with E-state index in [1.54, 1.807) is 0 Å². The SMILES string of the molecule is CCN(CCCC(=O)OC)CC(C)C(=O)OC. The maximum absolute atomic E-state index is 11.3. The molecule has 0 saturated heterocycles. The Kier molecular flexibility index (Phi) is 8.40. The highest BCUT2D eigenvalue weighted by atomic mass is 16.5. The average Bonchev–Trinajstić information content (AvgIpc) is 2.35. The van der Waals surface area contributed by atoms with Gasteiger partial charge in [-0.15, -0.1) is 0 Å². The highest BCUT2D eigenvalue weighted by molar-refractivity contribution is 5.72. The Hall–Kier alpha value is -1.10. The van der Waals surface area contributed by atoms with Gasteiger partial charge in [-0.05, 0) is 19.5 Å². The first-order chi connectivity index (χ1) is 8.04. The first-order valence-corrected chi connectivity index (χ1v) is 5.92. The van der Waals surface area contributed by atoms with Gasteiger partial charge in [0.25, 0.3) is 0 Å². The molecular weight excluding hydrogens is 222 g/mol. The number of nitrogens with zero attached hydrogens (tertiary/aromatic N) is 1. The van der Waals surface area contributed by atoms with Gasteiger partial charge in [-0.2, -0.15) is 0 Å². The number of hydrogen-bond donors (Lipinski definition) is 0. The van der Waals surface area contributed by atoms with E-state index in [9.17, 15) is 9.59 Å². The Balaban J connectivity index is 3.91. The predicted molar refractivity (Wildman–Crippen MR) is 64.5 cm³/mol. The molecule has 0 aliphatic rings. The fourth-order valence-electron chi connectivity index (χ4n) is 1.59. The maximum atomic E-state index is 11.3. The van der Waals surface area contributed by atoms with Crippen molar-refractivity contribution in [1.29, 1.82) is 0 Å². The topological polar surface area (TPSA) is 55.8 Å². The van der Waals surface area contributed by atoms with E-state index in [-0.39, 0.29) is 17.9 Å². The summed E-state index contributed by atoms with van der Waals surface area (Å²) in [6.07, 6.45) is 1.16. The summed E-state index contributed by atoms with van der Waals surface area (Å²) in [5.74, 6) is -0.531. The van der Waals surface area contributed by atoms with Gasteiger partial charge in [0.05, 0.1) is 20.1 Å². The third-order valence-electron chi connectivity index (χ3n) is 2.67. The number of ether oxygens (including phenoxy) is 2. The number of esters is 2. The van der Waals surface area contributed by atoms with Crippen LogP contribution in [-0.2, 0) is 19.1 Å². The van der Waals surface area contributed by atoms with E-state index in [0.717, 1.165) is 19.5 Å². The number of carbonyl (C=O) groups excluding carboxylic acids is 2. The van der Waals surface area contributed by atoms with Crippen LogP contribution in [0.3, 0.4) is 0 Å². The Morgan fingerprint density at radius 3 is 2.35 bits per heavy atom. The van der Waals surface area contributed by atoms with Gasteiger partial charge in [0.2, 0.25) is 0 Å². The standard InChI is InChI=1S/C12H23NO4/c1-5-13(8-6-7-11(14)16-3)9-10(2)12(15)17-4/h10H,5-9H2,1-4H3. The van der Waals surface area contributed by atoms with Crippen molar-refractivity contribution in [3.8, 4) is 0 Å². The maximum Gasteiger partial charge on any atom is 0.309 e. The third-order valence-corrected chi connectivity index (χ3v) is 2.67. The molecule has 0 aromatic rings. The number of methoxy groups -OCH3 is 2. The molecule has 0 fully saturated rings. The normalized spacial score (nSPS) is 12.3. The second-order valence-corrected chi connectivity index (χ2v) is 4.00. The molecule has 0 aromatic heterocycles. The molecule has 0 rings (SSSR count). The van der Waals surface area contributed by atoms with Crippen LogP contribution in [0.25, 0.3) is 0 Å². The second kappa shape index (κ2) is 8.98. The summed E-state index contributed by atoms with van der Waals surface area (Å²) < 4.78 is 9.25. The van der Waals surface area contributed by atoms with Gasteiger partial charge in [0, 0.05) is 13.0 Å². The van der Waals surface area contributed by atoms with Crippen LogP contribution in [0.4, 0.5) is 0 Å². The van der Waals surface area contributed by atoms with Gasteiger partial charge >= 0.3 is 11.9 Å². The van der Waals surface area contributed by atoms with Crippen LogP contribution in [0.1, 0.15) is 26.7 Å². The molecule has 1 unspecified atom stereocenters. The lowest BCUT2D eigenvalue weighted by Crippen LogP contribution is -2.33. The first kappa shape index (κ1) is 15.9.